The van der Waals surface area contributed by atoms with Gasteiger partial charge in [-0.1, -0.05) is 147 Å². The second kappa shape index (κ2) is 12.3. The molecule has 0 fully saturated rings. The quantitative estimate of drug-likeness (QED) is 0.160. The van der Waals surface area contributed by atoms with E-state index in [1.807, 2.05) is 72.8 Å². The van der Waals surface area contributed by atoms with Crippen LogP contribution in [0.3, 0.4) is 0 Å². The van der Waals surface area contributed by atoms with Gasteiger partial charge in [0.2, 0.25) is 0 Å². The molecule has 0 spiro atoms. The van der Waals surface area contributed by atoms with Crippen LogP contribution in [0.2, 0.25) is 0 Å². The molecule has 4 nitrogen and oxygen atoms in total. The molecule has 7 rings (SSSR count). The molecule has 4 heteroatoms. The molecule has 0 aliphatic heterocycles. The van der Waals surface area contributed by atoms with Crippen molar-refractivity contribution >= 4 is 11.4 Å². The third-order valence-corrected chi connectivity index (χ3v) is 8.68. The average molecular weight is 583 g/mol. The van der Waals surface area contributed by atoms with E-state index in [-0.39, 0.29) is 17.5 Å². The number of fused-ring (bicyclic) bond motifs is 3. The molecule has 0 N–H and O–H groups in total. The van der Waals surface area contributed by atoms with Crippen LogP contribution in [0.5, 0.6) is 0 Å². The standard InChI is InChI=1S/C41H34N4/c1-41(2)37-27-33(42-44-39(29-15-7-3-8-16-29)30-17-9-4-10-18-30)23-25-35(37)36-26-24-34(28-38(36)41)43-45-40(31-19-11-5-12-20-31)32-21-13-6-14-22-32/h3-28,39-40H,1-2H3. The Kier molecular flexibility index (Phi) is 7.71. The van der Waals surface area contributed by atoms with Gasteiger partial charge in [-0.2, -0.15) is 20.5 Å². The van der Waals surface area contributed by atoms with Crippen LogP contribution in [0.15, 0.2) is 178 Å². The van der Waals surface area contributed by atoms with Crippen LogP contribution in [0.4, 0.5) is 11.4 Å². The highest BCUT2D eigenvalue weighted by Gasteiger charge is 2.36. The number of benzene rings is 6. The van der Waals surface area contributed by atoms with Crippen molar-refractivity contribution in [2.45, 2.75) is 31.3 Å². The molecule has 0 unspecified atom stereocenters. The maximum Gasteiger partial charge on any atom is 0.121 e. The van der Waals surface area contributed by atoms with Crippen LogP contribution in [0.1, 0.15) is 59.3 Å². The first-order valence-corrected chi connectivity index (χ1v) is 15.4. The normalized spacial score (nSPS) is 13.5. The number of hydrogen-bond acceptors (Lipinski definition) is 4. The highest BCUT2D eigenvalue weighted by Crippen LogP contribution is 2.50. The Morgan fingerprint density at radius 3 is 1.02 bits per heavy atom. The summed E-state index contributed by atoms with van der Waals surface area (Å²) >= 11 is 0. The Balaban J connectivity index is 1.18. The fourth-order valence-corrected chi connectivity index (χ4v) is 6.28. The first-order valence-electron chi connectivity index (χ1n) is 15.4. The van der Waals surface area contributed by atoms with Crippen LogP contribution in [0, 0.1) is 0 Å². The van der Waals surface area contributed by atoms with Crippen molar-refractivity contribution in [3.05, 3.63) is 191 Å². The molecule has 0 bridgehead atoms. The highest BCUT2D eigenvalue weighted by atomic mass is 15.1. The van der Waals surface area contributed by atoms with E-state index in [9.17, 15) is 0 Å². The lowest BCUT2D eigenvalue weighted by atomic mass is 9.82. The SMILES string of the molecule is CC1(C)c2cc(N=NC(c3ccccc3)c3ccccc3)ccc2-c2ccc(N=NC(c3ccccc3)c3ccccc3)cc21. The number of azo groups is 2. The zero-order chi connectivity index (χ0) is 30.6. The summed E-state index contributed by atoms with van der Waals surface area (Å²) < 4.78 is 0. The van der Waals surface area contributed by atoms with E-state index in [1.54, 1.807) is 0 Å². The Morgan fingerprint density at radius 2 is 0.711 bits per heavy atom. The van der Waals surface area contributed by atoms with Gasteiger partial charge in [-0.15, -0.1) is 0 Å². The molecule has 6 aromatic carbocycles. The lowest BCUT2D eigenvalue weighted by Gasteiger charge is -2.21. The molecule has 0 saturated heterocycles. The van der Waals surface area contributed by atoms with Crippen LogP contribution in [-0.2, 0) is 5.41 Å². The summed E-state index contributed by atoms with van der Waals surface area (Å²) in [5.41, 5.74) is 10.9. The van der Waals surface area contributed by atoms with Crippen LogP contribution < -0.4 is 0 Å². The Labute approximate surface area is 264 Å². The van der Waals surface area contributed by atoms with Crippen LogP contribution >= 0.6 is 0 Å². The largest absolute Gasteiger partial charge is 0.176 e. The summed E-state index contributed by atoms with van der Waals surface area (Å²) in [6.07, 6.45) is 0. The summed E-state index contributed by atoms with van der Waals surface area (Å²) in [7, 11) is 0. The highest BCUT2D eigenvalue weighted by molar-refractivity contribution is 5.83. The molecule has 218 valence electrons. The minimum Gasteiger partial charge on any atom is -0.176 e. The second-order valence-corrected chi connectivity index (χ2v) is 12.0. The van der Waals surface area contributed by atoms with E-state index in [0.717, 1.165) is 33.6 Å². The summed E-state index contributed by atoms with van der Waals surface area (Å²) in [5.74, 6) is 0. The van der Waals surface area contributed by atoms with Gasteiger partial charge in [0.1, 0.15) is 12.1 Å². The van der Waals surface area contributed by atoms with E-state index in [1.165, 1.54) is 22.3 Å². The molecule has 0 amide bonds. The maximum atomic E-state index is 4.86. The molecule has 0 atom stereocenters. The zero-order valence-electron chi connectivity index (χ0n) is 25.5. The Morgan fingerprint density at radius 1 is 0.400 bits per heavy atom. The lowest BCUT2D eigenvalue weighted by Crippen LogP contribution is -2.14. The molecular formula is C41H34N4. The van der Waals surface area contributed by atoms with E-state index in [2.05, 4.69) is 98.8 Å². The fourth-order valence-electron chi connectivity index (χ4n) is 6.28. The lowest BCUT2D eigenvalue weighted by molar-refractivity contribution is 0.660. The van der Waals surface area contributed by atoms with Crippen molar-refractivity contribution in [3.63, 3.8) is 0 Å². The van der Waals surface area contributed by atoms with Gasteiger partial charge in [0.15, 0.2) is 0 Å². The van der Waals surface area contributed by atoms with Crippen molar-refractivity contribution in [2.24, 2.45) is 20.5 Å². The minimum absolute atomic E-state index is 0.172. The van der Waals surface area contributed by atoms with Gasteiger partial charge in [0.05, 0.1) is 11.4 Å². The third kappa shape index (κ3) is 5.75. The van der Waals surface area contributed by atoms with Crippen molar-refractivity contribution in [3.8, 4) is 11.1 Å². The fraction of sp³-hybridized carbons (Fsp3) is 0.122. The number of hydrogen-bond donors (Lipinski definition) is 0. The molecule has 0 aromatic heterocycles. The van der Waals surface area contributed by atoms with E-state index in [0.29, 0.717) is 0 Å². The molecule has 1 aliphatic carbocycles. The minimum atomic E-state index is -0.224. The summed E-state index contributed by atoms with van der Waals surface area (Å²) in [6, 6.07) is 53.9. The van der Waals surface area contributed by atoms with Crippen molar-refractivity contribution in [1.29, 1.82) is 0 Å². The first-order chi connectivity index (χ1) is 22.1. The van der Waals surface area contributed by atoms with Gasteiger partial charge in [-0.3, -0.25) is 0 Å². The Hall–Kier alpha value is -5.48. The third-order valence-electron chi connectivity index (χ3n) is 8.68. The molecule has 0 radical (unpaired) electrons. The Bertz CT molecular complexity index is 1740. The number of nitrogens with zero attached hydrogens (tertiary/aromatic N) is 4. The smallest absolute Gasteiger partial charge is 0.121 e. The molecule has 6 aromatic rings. The van der Waals surface area contributed by atoms with Gasteiger partial charge in [-0.05, 0) is 68.8 Å². The van der Waals surface area contributed by atoms with E-state index >= 15 is 0 Å². The van der Waals surface area contributed by atoms with Gasteiger partial charge >= 0.3 is 0 Å². The van der Waals surface area contributed by atoms with Crippen molar-refractivity contribution in [1.82, 2.24) is 0 Å². The molecule has 0 saturated carbocycles. The van der Waals surface area contributed by atoms with Gasteiger partial charge < -0.3 is 0 Å². The monoisotopic (exact) mass is 582 g/mol. The van der Waals surface area contributed by atoms with Gasteiger partial charge in [0, 0.05) is 5.41 Å². The predicted molar refractivity (Wildman–Crippen MR) is 182 cm³/mol. The van der Waals surface area contributed by atoms with E-state index in [4.69, 9.17) is 20.5 Å². The predicted octanol–water partition coefficient (Wildman–Crippen LogP) is 11.7. The summed E-state index contributed by atoms with van der Waals surface area (Å²) in [4.78, 5) is 0. The number of rotatable bonds is 8. The van der Waals surface area contributed by atoms with Crippen molar-refractivity contribution < 1.29 is 0 Å². The average Bonchev–Trinajstić information content (AvgIpc) is 3.32. The molecular weight excluding hydrogens is 548 g/mol. The van der Waals surface area contributed by atoms with Crippen LogP contribution in [0.25, 0.3) is 11.1 Å². The summed E-state index contributed by atoms with van der Waals surface area (Å²) in [6.45, 7) is 4.54. The first kappa shape index (κ1) is 28.3. The maximum absolute atomic E-state index is 4.86. The second-order valence-electron chi connectivity index (χ2n) is 12.0. The topological polar surface area (TPSA) is 49.4 Å². The van der Waals surface area contributed by atoms with Crippen LogP contribution in [-0.4, -0.2) is 0 Å². The molecule has 0 heterocycles. The van der Waals surface area contributed by atoms with E-state index < -0.39 is 0 Å². The molecule has 1 aliphatic rings. The van der Waals surface area contributed by atoms with Crippen molar-refractivity contribution in [2.75, 3.05) is 0 Å². The van der Waals surface area contributed by atoms with Gasteiger partial charge in [0.25, 0.3) is 0 Å². The zero-order valence-corrected chi connectivity index (χ0v) is 25.5. The summed E-state index contributed by atoms with van der Waals surface area (Å²) in [5, 5.41) is 19.3. The van der Waals surface area contributed by atoms with Gasteiger partial charge in [-0.25, -0.2) is 0 Å². The molecule has 45 heavy (non-hydrogen) atoms.